The van der Waals surface area contributed by atoms with Crippen LogP contribution in [0.15, 0.2) is 54.6 Å². The molecule has 0 bridgehead atoms. The van der Waals surface area contributed by atoms with Gasteiger partial charge in [0.1, 0.15) is 5.82 Å². The molecule has 1 aromatic heterocycles. The van der Waals surface area contributed by atoms with E-state index in [-0.39, 0.29) is 6.42 Å². The highest BCUT2D eigenvalue weighted by Gasteiger charge is 2.30. The molecule has 10 heteroatoms. The molecule has 7 nitrogen and oxygen atoms in total. The minimum atomic E-state index is -4.44. The number of nitrogens with zero attached hydrogens (tertiary/aromatic N) is 3. The minimum absolute atomic E-state index is 0.158. The number of alkyl halides is 3. The second-order valence-electron chi connectivity index (χ2n) is 7.92. The van der Waals surface area contributed by atoms with Gasteiger partial charge in [-0.2, -0.15) is 18.2 Å². The molecule has 0 spiro atoms. The Labute approximate surface area is 195 Å². The van der Waals surface area contributed by atoms with E-state index in [0.29, 0.717) is 36.2 Å². The van der Waals surface area contributed by atoms with Gasteiger partial charge in [0.2, 0.25) is 11.9 Å². The summed E-state index contributed by atoms with van der Waals surface area (Å²) in [6.45, 7) is 4.65. The lowest BCUT2D eigenvalue weighted by Crippen LogP contribution is -2.37. The fourth-order valence-corrected chi connectivity index (χ4v) is 3.55. The maximum Gasteiger partial charge on any atom is 0.416 e. The number of anilines is 4. The highest BCUT2D eigenvalue weighted by Crippen LogP contribution is 2.29. The van der Waals surface area contributed by atoms with Gasteiger partial charge in [0, 0.05) is 36.2 Å². The quantitative estimate of drug-likeness (QED) is 0.549. The molecule has 2 heterocycles. The molecule has 2 aromatic carbocycles. The first-order valence-electron chi connectivity index (χ1n) is 10.8. The third-order valence-corrected chi connectivity index (χ3v) is 5.20. The number of carbonyl (C=O) groups is 1. The van der Waals surface area contributed by atoms with E-state index in [1.165, 1.54) is 12.1 Å². The Hall–Kier alpha value is -3.66. The lowest BCUT2D eigenvalue weighted by atomic mass is 10.1. The van der Waals surface area contributed by atoms with Crippen LogP contribution in [0.25, 0.3) is 0 Å². The van der Waals surface area contributed by atoms with Gasteiger partial charge in [-0.1, -0.05) is 18.2 Å². The van der Waals surface area contributed by atoms with Crippen LogP contribution < -0.4 is 15.5 Å². The number of benzene rings is 2. The number of morpholine rings is 1. The molecule has 0 radical (unpaired) electrons. The van der Waals surface area contributed by atoms with E-state index in [2.05, 4.69) is 25.5 Å². The Kier molecular flexibility index (Phi) is 6.97. The average Bonchev–Trinajstić information content (AvgIpc) is 2.80. The van der Waals surface area contributed by atoms with Crippen LogP contribution in [0.3, 0.4) is 0 Å². The first kappa shape index (κ1) is 23.5. The number of hydrogen-bond donors (Lipinski definition) is 2. The van der Waals surface area contributed by atoms with Crippen LogP contribution in [-0.4, -0.2) is 42.2 Å². The third kappa shape index (κ3) is 6.22. The van der Waals surface area contributed by atoms with Crippen molar-refractivity contribution in [1.82, 2.24) is 9.97 Å². The summed E-state index contributed by atoms with van der Waals surface area (Å²) < 4.78 is 44.0. The molecule has 178 valence electrons. The number of nitrogens with one attached hydrogen (secondary N) is 2. The summed E-state index contributed by atoms with van der Waals surface area (Å²) in [6, 6.07) is 13.6. The lowest BCUT2D eigenvalue weighted by molar-refractivity contribution is -0.137. The molecule has 0 saturated carbocycles. The number of carbonyl (C=O) groups excluding carboxylic acids is 1. The molecule has 1 amide bonds. The number of ether oxygens (including phenoxy) is 1. The maximum absolute atomic E-state index is 12.9. The van der Waals surface area contributed by atoms with Crippen molar-refractivity contribution < 1.29 is 22.7 Å². The van der Waals surface area contributed by atoms with Crippen molar-refractivity contribution in [2.45, 2.75) is 19.5 Å². The van der Waals surface area contributed by atoms with Crippen molar-refractivity contribution in [2.24, 2.45) is 0 Å². The molecule has 0 atom stereocenters. The normalized spacial score (nSPS) is 14.1. The van der Waals surface area contributed by atoms with Crippen LogP contribution in [-0.2, 0) is 22.1 Å². The fraction of sp³-hybridized carbons (Fsp3) is 0.292. The number of halogens is 3. The molecule has 0 aliphatic carbocycles. The summed E-state index contributed by atoms with van der Waals surface area (Å²) in [4.78, 5) is 23.5. The van der Waals surface area contributed by atoms with Crippen LogP contribution in [0, 0.1) is 6.92 Å². The Balaban J connectivity index is 1.37. The van der Waals surface area contributed by atoms with Gasteiger partial charge >= 0.3 is 6.18 Å². The van der Waals surface area contributed by atoms with Crippen molar-refractivity contribution in [3.8, 4) is 0 Å². The Morgan fingerprint density at radius 1 is 1.03 bits per heavy atom. The SMILES string of the molecule is Cc1cc(Nc2ccc(NC(=O)Cc3cccc(C(F)(F)F)c3)cc2)nc(N2CCOCC2)n1. The molecule has 4 rings (SSSR count). The summed E-state index contributed by atoms with van der Waals surface area (Å²) in [5, 5.41) is 5.95. The van der Waals surface area contributed by atoms with Crippen LogP contribution in [0.4, 0.5) is 36.3 Å². The molecule has 3 aromatic rings. The molecule has 1 saturated heterocycles. The van der Waals surface area contributed by atoms with Gasteiger partial charge in [-0.3, -0.25) is 4.79 Å². The van der Waals surface area contributed by atoms with Crippen LogP contribution in [0.5, 0.6) is 0 Å². The van der Waals surface area contributed by atoms with Gasteiger partial charge in [0.05, 0.1) is 25.2 Å². The highest BCUT2D eigenvalue weighted by atomic mass is 19.4. The first-order chi connectivity index (χ1) is 16.3. The van der Waals surface area contributed by atoms with Crippen molar-refractivity contribution >= 4 is 29.0 Å². The second-order valence-corrected chi connectivity index (χ2v) is 7.92. The molecule has 1 fully saturated rings. The van der Waals surface area contributed by atoms with E-state index in [1.54, 1.807) is 24.3 Å². The number of aromatic nitrogens is 2. The Bertz CT molecular complexity index is 1150. The van der Waals surface area contributed by atoms with E-state index in [1.807, 2.05) is 13.0 Å². The molecule has 1 aliphatic rings. The molecule has 0 unspecified atom stereocenters. The zero-order chi connectivity index (χ0) is 24.1. The largest absolute Gasteiger partial charge is 0.416 e. The molecule has 2 N–H and O–H groups in total. The van der Waals surface area contributed by atoms with Crippen LogP contribution in [0.2, 0.25) is 0 Å². The van der Waals surface area contributed by atoms with Crippen LogP contribution >= 0.6 is 0 Å². The molecule has 1 aliphatic heterocycles. The van der Waals surface area contributed by atoms with Gasteiger partial charge in [0.25, 0.3) is 0 Å². The summed E-state index contributed by atoms with van der Waals surface area (Å²) >= 11 is 0. The average molecular weight is 471 g/mol. The number of aryl methyl sites for hydroxylation is 1. The topological polar surface area (TPSA) is 79.4 Å². The van der Waals surface area contributed by atoms with E-state index in [9.17, 15) is 18.0 Å². The van der Waals surface area contributed by atoms with E-state index in [4.69, 9.17) is 4.74 Å². The Morgan fingerprint density at radius 2 is 1.74 bits per heavy atom. The first-order valence-corrected chi connectivity index (χ1v) is 10.8. The number of rotatable bonds is 6. The molecular weight excluding hydrogens is 447 g/mol. The summed E-state index contributed by atoms with van der Waals surface area (Å²) in [7, 11) is 0. The van der Waals surface area contributed by atoms with Crippen molar-refractivity contribution in [2.75, 3.05) is 41.8 Å². The zero-order valence-corrected chi connectivity index (χ0v) is 18.5. The van der Waals surface area contributed by atoms with Crippen molar-refractivity contribution in [3.63, 3.8) is 0 Å². The predicted molar refractivity (Wildman–Crippen MR) is 123 cm³/mol. The predicted octanol–water partition coefficient (Wildman–Crippen LogP) is 4.57. The summed E-state index contributed by atoms with van der Waals surface area (Å²) in [6.07, 6.45) is -4.60. The van der Waals surface area contributed by atoms with Gasteiger partial charge in [-0.05, 0) is 42.8 Å². The van der Waals surface area contributed by atoms with E-state index < -0.39 is 17.6 Å². The summed E-state index contributed by atoms with van der Waals surface area (Å²) in [5.74, 6) is 0.890. The van der Waals surface area contributed by atoms with E-state index >= 15 is 0 Å². The standard InChI is InChI=1S/C24H24F3N5O2/c1-16-13-21(31-23(28-16)32-9-11-34-12-10-32)29-19-5-7-20(8-6-19)30-22(33)15-17-3-2-4-18(14-17)24(25,26)27/h2-8,13-14H,9-12,15H2,1H3,(H,30,33)(H,28,29,31). The smallest absolute Gasteiger partial charge is 0.378 e. The number of amides is 1. The Morgan fingerprint density at radius 3 is 2.44 bits per heavy atom. The van der Waals surface area contributed by atoms with Crippen molar-refractivity contribution in [3.05, 3.63) is 71.4 Å². The fourth-order valence-electron chi connectivity index (χ4n) is 3.55. The van der Waals surface area contributed by atoms with Crippen LogP contribution in [0.1, 0.15) is 16.8 Å². The zero-order valence-electron chi connectivity index (χ0n) is 18.5. The monoisotopic (exact) mass is 471 g/mol. The third-order valence-electron chi connectivity index (χ3n) is 5.20. The van der Waals surface area contributed by atoms with Gasteiger partial charge < -0.3 is 20.3 Å². The minimum Gasteiger partial charge on any atom is -0.378 e. The van der Waals surface area contributed by atoms with Gasteiger partial charge in [0.15, 0.2) is 0 Å². The highest BCUT2D eigenvalue weighted by molar-refractivity contribution is 5.92. The van der Waals surface area contributed by atoms with Crippen molar-refractivity contribution in [1.29, 1.82) is 0 Å². The summed E-state index contributed by atoms with van der Waals surface area (Å²) in [5.41, 5.74) is 1.65. The molecule has 34 heavy (non-hydrogen) atoms. The van der Waals surface area contributed by atoms with Gasteiger partial charge in [-0.25, -0.2) is 4.98 Å². The number of hydrogen-bond acceptors (Lipinski definition) is 6. The molecular formula is C24H24F3N5O2. The maximum atomic E-state index is 12.9. The lowest BCUT2D eigenvalue weighted by Gasteiger charge is -2.27. The van der Waals surface area contributed by atoms with Gasteiger partial charge in [-0.15, -0.1) is 0 Å². The van der Waals surface area contributed by atoms with E-state index in [0.717, 1.165) is 36.6 Å². The second kappa shape index (κ2) is 10.1.